The molecule has 4 amide bonds. The number of nitrogens with one attached hydrogen (secondary N) is 2. The van der Waals surface area contributed by atoms with E-state index in [4.69, 9.17) is 4.74 Å². The summed E-state index contributed by atoms with van der Waals surface area (Å²) in [4.78, 5) is 66.1. The summed E-state index contributed by atoms with van der Waals surface area (Å²) in [6.07, 6.45) is 5.15. The molecule has 3 aliphatic rings. The quantitative estimate of drug-likeness (QED) is 0.273. The number of hydrogen-bond donors (Lipinski definition) is 2. The Hall–Kier alpha value is -4.27. The van der Waals surface area contributed by atoms with Crippen LogP contribution in [0.4, 0.5) is 0 Å². The Labute approximate surface area is 226 Å². The number of esters is 1. The third-order valence-corrected chi connectivity index (χ3v) is 7.88. The van der Waals surface area contributed by atoms with Crippen LogP contribution in [0.2, 0.25) is 0 Å². The molecule has 1 saturated carbocycles. The van der Waals surface area contributed by atoms with Gasteiger partial charge in [0.1, 0.15) is 18.6 Å². The second-order valence-electron chi connectivity index (χ2n) is 10.3. The number of ether oxygens (including phenoxy) is 1. The smallest absolute Gasteiger partial charge is 0.328 e. The van der Waals surface area contributed by atoms with Gasteiger partial charge >= 0.3 is 5.97 Å². The minimum atomic E-state index is -1.05. The lowest BCUT2D eigenvalue weighted by molar-refractivity contribution is -0.146. The zero-order chi connectivity index (χ0) is 27.5. The predicted octanol–water partition coefficient (Wildman–Crippen LogP) is 1.42. The number of methoxy groups -OCH3 is 1. The van der Waals surface area contributed by atoms with Crippen molar-refractivity contribution in [1.82, 2.24) is 15.5 Å². The van der Waals surface area contributed by atoms with Crippen LogP contribution in [0.1, 0.15) is 17.5 Å². The highest BCUT2D eigenvalue weighted by atomic mass is 16.5. The molecule has 2 aromatic carbocycles. The van der Waals surface area contributed by atoms with Gasteiger partial charge in [-0.2, -0.15) is 0 Å². The van der Waals surface area contributed by atoms with Crippen molar-refractivity contribution < 1.29 is 28.7 Å². The van der Waals surface area contributed by atoms with Crippen molar-refractivity contribution in [3.8, 4) is 0 Å². The predicted molar refractivity (Wildman–Crippen MR) is 141 cm³/mol. The molecule has 2 N–H and O–H groups in total. The number of benzene rings is 2. The summed E-state index contributed by atoms with van der Waals surface area (Å²) in [5.74, 6) is -3.17. The summed E-state index contributed by atoms with van der Waals surface area (Å²) < 4.78 is 4.91. The van der Waals surface area contributed by atoms with Crippen LogP contribution in [0.25, 0.3) is 0 Å². The van der Waals surface area contributed by atoms with Crippen LogP contribution in [-0.4, -0.2) is 60.2 Å². The summed E-state index contributed by atoms with van der Waals surface area (Å²) in [5.41, 5.74) is 1.62. The molecule has 9 nitrogen and oxygen atoms in total. The molecule has 0 aromatic heterocycles. The number of amides is 4. The van der Waals surface area contributed by atoms with Crippen LogP contribution in [0.5, 0.6) is 0 Å². The minimum Gasteiger partial charge on any atom is -0.467 e. The molecule has 202 valence electrons. The lowest BCUT2D eigenvalue weighted by Crippen LogP contribution is -2.55. The average molecular weight is 530 g/mol. The van der Waals surface area contributed by atoms with E-state index in [-0.39, 0.29) is 36.5 Å². The van der Waals surface area contributed by atoms with Crippen molar-refractivity contribution in [3.63, 3.8) is 0 Å². The fourth-order valence-corrected chi connectivity index (χ4v) is 6.02. The molecular weight excluding hydrogens is 498 g/mol. The first-order chi connectivity index (χ1) is 18.9. The van der Waals surface area contributed by atoms with Gasteiger partial charge < -0.3 is 15.4 Å². The van der Waals surface area contributed by atoms with Gasteiger partial charge in [-0.3, -0.25) is 24.1 Å². The van der Waals surface area contributed by atoms with Crippen molar-refractivity contribution in [2.24, 2.45) is 23.7 Å². The minimum absolute atomic E-state index is 0.0426. The van der Waals surface area contributed by atoms with Gasteiger partial charge in [0, 0.05) is 12.8 Å². The van der Waals surface area contributed by atoms with E-state index in [2.05, 4.69) is 10.6 Å². The van der Waals surface area contributed by atoms with Crippen molar-refractivity contribution in [2.45, 2.75) is 31.3 Å². The van der Waals surface area contributed by atoms with Crippen molar-refractivity contribution in [3.05, 3.63) is 83.9 Å². The first-order valence-electron chi connectivity index (χ1n) is 13.1. The van der Waals surface area contributed by atoms with E-state index in [1.54, 1.807) is 0 Å². The number of nitrogens with zero attached hydrogens (tertiary/aromatic N) is 1. The number of rotatable bonds is 10. The highest BCUT2D eigenvalue weighted by Gasteiger charge is 2.59. The van der Waals surface area contributed by atoms with E-state index in [1.807, 2.05) is 72.8 Å². The number of fused-ring (bicyclic) bond motifs is 5. The van der Waals surface area contributed by atoms with E-state index < -0.39 is 48.2 Å². The van der Waals surface area contributed by atoms with Crippen LogP contribution in [0.15, 0.2) is 72.8 Å². The number of hydrogen-bond acceptors (Lipinski definition) is 6. The maximum Gasteiger partial charge on any atom is 0.328 e. The number of imide groups is 1. The monoisotopic (exact) mass is 529 g/mol. The highest BCUT2D eigenvalue weighted by Crippen LogP contribution is 2.52. The lowest BCUT2D eigenvalue weighted by Gasteiger charge is -2.24. The Morgan fingerprint density at radius 1 is 0.821 bits per heavy atom. The van der Waals surface area contributed by atoms with Crippen LogP contribution in [-0.2, 0) is 41.6 Å². The SMILES string of the molecule is COC(=O)[C@H](Cc1ccccc1)NC(=O)[C@H](Cc1ccccc1)NC(=O)CN1C(=O)C2C(C1=O)[C@H]1C=C[C@@H]2C1. The van der Waals surface area contributed by atoms with Gasteiger partial charge in [-0.05, 0) is 29.4 Å². The number of allylic oxidation sites excluding steroid dienone is 2. The summed E-state index contributed by atoms with van der Waals surface area (Å²) >= 11 is 0. The van der Waals surface area contributed by atoms with Crippen molar-refractivity contribution in [1.29, 1.82) is 0 Å². The van der Waals surface area contributed by atoms with E-state index in [0.29, 0.717) is 0 Å². The molecule has 1 heterocycles. The molecule has 2 aromatic rings. The molecule has 0 spiro atoms. The Morgan fingerprint density at radius 3 is 1.85 bits per heavy atom. The normalized spacial score (nSPS) is 24.3. The van der Waals surface area contributed by atoms with E-state index in [1.165, 1.54) is 7.11 Å². The van der Waals surface area contributed by atoms with Crippen LogP contribution < -0.4 is 10.6 Å². The second-order valence-corrected chi connectivity index (χ2v) is 10.3. The topological polar surface area (TPSA) is 122 Å². The average Bonchev–Trinajstić information content (AvgIpc) is 3.63. The molecule has 1 aliphatic heterocycles. The fourth-order valence-electron chi connectivity index (χ4n) is 6.02. The highest BCUT2D eigenvalue weighted by molar-refractivity contribution is 6.08. The first-order valence-corrected chi connectivity index (χ1v) is 13.1. The third kappa shape index (κ3) is 5.48. The van der Waals surface area contributed by atoms with E-state index >= 15 is 0 Å². The van der Waals surface area contributed by atoms with Crippen molar-refractivity contribution >= 4 is 29.6 Å². The zero-order valence-electron chi connectivity index (χ0n) is 21.6. The standard InChI is InChI=1S/C30H31N3O6/c1-39-30(38)23(15-19-10-6-3-7-11-19)32-27(35)22(14-18-8-4-2-5-9-18)31-24(34)17-33-28(36)25-20-12-13-21(16-20)26(25)29(33)37/h2-13,20-23,25-26H,14-17H2,1H3,(H,31,34)(H,32,35)/t20-,21+,22-,23-,25?,26?/m0/s1. The Balaban J connectivity index is 1.29. The lowest BCUT2D eigenvalue weighted by atomic mass is 9.85. The summed E-state index contributed by atoms with van der Waals surface area (Å²) in [5, 5.41) is 5.42. The fraction of sp³-hybridized carbons (Fsp3) is 0.367. The molecule has 39 heavy (non-hydrogen) atoms. The Kier molecular flexibility index (Phi) is 7.58. The molecule has 6 atom stereocenters. The van der Waals surface area contributed by atoms with Gasteiger partial charge in [0.15, 0.2) is 0 Å². The van der Waals surface area contributed by atoms with Crippen LogP contribution in [0, 0.1) is 23.7 Å². The summed E-state index contributed by atoms with van der Waals surface area (Å²) in [6.45, 7) is -0.451. The van der Waals surface area contributed by atoms with Gasteiger partial charge in [-0.25, -0.2) is 4.79 Å². The Morgan fingerprint density at radius 2 is 1.33 bits per heavy atom. The summed E-state index contributed by atoms with van der Waals surface area (Å²) in [6, 6.07) is 16.3. The molecule has 0 radical (unpaired) electrons. The maximum absolute atomic E-state index is 13.4. The summed E-state index contributed by atoms with van der Waals surface area (Å²) in [7, 11) is 1.25. The van der Waals surface area contributed by atoms with Gasteiger partial charge in [0.05, 0.1) is 18.9 Å². The molecule has 1 saturated heterocycles. The molecular formula is C30H31N3O6. The Bertz CT molecular complexity index is 1260. The van der Waals surface area contributed by atoms with E-state index in [9.17, 15) is 24.0 Å². The number of carbonyl (C=O) groups is 5. The number of likely N-dealkylation sites (tertiary alicyclic amines) is 1. The largest absolute Gasteiger partial charge is 0.467 e. The van der Waals surface area contributed by atoms with Crippen molar-refractivity contribution in [2.75, 3.05) is 13.7 Å². The molecule has 2 unspecified atom stereocenters. The van der Waals surface area contributed by atoms with E-state index in [0.717, 1.165) is 22.4 Å². The molecule has 2 fully saturated rings. The van der Waals surface area contributed by atoms with Gasteiger partial charge in [0.2, 0.25) is 23.6 Å². The molecule has 5 rings (SSSR count). The zero-order valence-corrected chi connectivity index (χ0v) is 21.6. The van der Waals surface area contributed by atoms with Gasteiger partial charge in [-0.1, -0.05) is 72.8 Å². The molecule has 9 heteroatoms. The first kappa shape index (κ1) is 26.3. The van der Waals surface area contributed by atoms with Gasteiger partial charge in [0.25, 0.3) is 0 Å². The molecule has 2 bridgehead atoms. The number of carbonyl (C=O) groups excluding carboxylic acids is 5. The van der Waals surface area contributed by atoms with Gasteiger partial charge in [-0.15, -0.1) is 0 Å². The second kappa shape index (κ2) is 11.2. The third-order valence-electron chi connectivity index (χ3n) is 7.88. The van der Waals surface area contributed by atoms with Crippen LogP contribution in [0.3, 0.4) is 0 Å². The maximum atomic E-state index is 13.4. The molecule has 2 aliphatic carbocycles. The van der Waals surface area contributed by atoms with Crippen LogP contribution >= 0.6 is 0 Å².